The lowest BCUT2D eigenvalue weighted by atomic mass is 9.97. The van der Waals surface area contributed by atoms with E-state index in [1.54, 1.807) is 42.6 Å². The highest BCUT2D eigenvalue weighted by molar-refractivity contribution is 7.20. The largest absolute Gasteiger partial charge is 0.462 e. The number of esters is 1. The Balaban J connectivity index is 0.000000154. The minimum Gasteiger partial charge on any atom is -0.462 e. The van der Waals surface area contributed by atoms with Crippen molar-refractivity contribution in [3.05, 3.63) is 231 Å². The van der Waals surface area contributed by atoms with Crippen molar-refractivity contribution in [3.63, 3.8) is 0 Å². The fourth-order valence-corrected chi connectivity index (χ4v) is 18.9. The molecule has 0 N–H and O–H groups in total. The maximum absolute atomic E-state index is 11.7. The molecule has 0 amide bonds. The van der Waals surface area contributed by atoms with Gasteiger partial charge in [0.05, 0.1) is 119 Å². The number of carbonyl (C=O) groups excluding carboxylic acids is 2. The normalized spacial score (nSPS) is 12.2. The van der Waals surface area contributed by atoms with Gasteiger partial charge in [-0.1, -0.05) is 203 Å². The molecule has 0 spiro atoms. The number of nitrogens with zero attached hydrogens (tertiary/aromatic N) is 8. The molecule has 16 rings (SSSR count). The van der Waals surface area contributed by atoms with E-state index >= 15 is 0 Å². The van der Waals surface area contributed by atoms with Gasteiger partial charge in [0.1, 0.15) is 5.52 Å². The quantitative estimate of drug-likeness (QED) is 0.122. The van der Waals surface area contributed by atoms with Crippen molar-refractivity contribution < 1.29 is 18.7 Å². The number of fused-ring (bicyclic) bond motifs is 8. The van der Waals surface area contributed by atoms with Crippen LogP contribution in [0.4, 0.5) is 0 Å². The van der Waals surface area contributed by atoms with Gasteiger partial charge in [0.25, 0.3) is 0 Å². The number of ether oxygens (including phenoxy) is 1. The van der Waals surface area contributed by atoms with E-state index in [1.165, 1.54) is 81.9 Å². The first-order valence-corrected chi connectivity index (χ1v) is 46.1. The third kappa shape index (κ3) is 25.6. The third-order valence-corrected chi connectivity index (χ3v) is 28.2. The van der Waals surface area contributed by atoms with Crippen molar-refractivity contribution >= 4 is 174 Å². The van der Waals surface area contributed by atoms with Crippen LogP contribution in [0, 0.1) is 41.5 Å². The summed E-state index contributed by atoms with van der Waals surface area (Å²) < 4.78 is 19.3. The number of carbonyl (C=O) groups is 2. The van der Waals surface area contributed by atoms with Gasteiger partial charge < -0.3 is 9.15 Å². The minimum absolute atomic E-state index is 0.0209. The van der Waals surface area contributed by atoms with Crippen molar-refractivity contribution in [2.75, 3.05) is 6.61 Å². The zero-order valence-electron chi connectivity index (χ0n) is 75.6. The van der Waals surface area contributed by atoms with Crippen LogP contribution in [-0.2, 0) is 48.1 Å². The summed E-state index contributed by atoms with van der Waals surface area (Å²) in [6, 6.07) is 49.5. The molecule has 0 aliphatic heterocycles. The molecule has 0 radical (unpaired) electrons. The topological polar surface area (TPSA) is 160 Å². The Morgan fingerprint density at radius 1 is 0.280 bits per heavy atom. The molecule has 8 aromatic carbocycles. The molecule has 8 heterocycles. The molecule has 0 aliphatic carbocycles. The number of thiazole rings is 7. The van der Waals surface area contributed by atoms with Gasteiger partial charge in [-0.15, -0.1) is 79.4 Å². The number of Topliss-reactive ketones (excluding diaryl/α,β-unsaturated/α-hetero) is 1. The van der Waals surface area contributed by atoms with E-state index in [9.17, 15) is 9.59 Å². The summed E-state index contributed by atoms with van der Waals surface area (Å²) in [5, 5.41) is 8.30. The fraction of sp³-hybridized carbons (Fsp3) is 0.414. The van der Waals surface area contributed by atoms with E-state index in [0.29, 0.717) is 12.2 Å². The van der Waals surface area contributed by atoms with Crippen LogP contribution in [0.5, 0.6) is 0 Å². The Bertz CT molecular complexity index is 5460. The van der Waals surface area contributed by atoms with Gasteiger partial charge in [0, 0.05) is 48.9 Å². The molecule has 12 nitrogen and oxygen atoms in total. The molecule has 0 saturated carbocycles. The van der Waals surface area contributed by atoms with Gasteiger partial charge in [0.15, 0.2) is 11.4 Å². The van der Waals surface area contributed by atoms with Gasteiger partial charge in [-0.25, -0.2) is 44.7 Å². The Labute approximate surface area is 728 Å². The summed E-state index contributed by atoms with van der Waals surface area (Å²) in [5.41, 5.74) is 19.4. The van der Waals surface area contributed by atoms with E-state index < -0.39 is 0 Å². The maximum atomic E-state index is 11.7. The lowest BCUT2D eigenvalue weighted by Crippen LogP contribution is -2.10. The second-order valence-electron chi connectivity index (χ2n) is 38.6. The van der Waals surface area contributed by atoms with Crippen LogP contribution in [0.15, 0.2) is 150 Å². The molecule has 19 heteroatoms. The highest BCUT2D eigenvalue weighted by Gasteiger charge is 2.26. The lowest BCUT2D eigenvalue weighted by Gasteiger charge is -2.13. The smallest absolute Gasteiger partial charge is 0.338 e. The number of aromatic nitrogens is 8. The van der Waals surface area contributed by atoms with E-state index in [2.05, 4.69) is 339 Å². The molecular formula is C99H122N8O4S7. The fourth-order valence-electron chi connectivity index (χ4n) is 11.2. The molecule has 0 aliphatic rings. The second kappa shape index (κ2) is 37.3. The molecule has 0 saturated heterocycles. The van der Waals surface area contributed by atoms with Crippen molar-refractivity contribution in [2.24, 2.45) is 0 Å². The van der Waals surface area contributed by atoms with Crippen molar-refractivity contribution in [1.82, 2.24) is 39.9 Å². The number of aryl methyl sites for hydroxylation is 6. The number of hydrogen-bond acceptors (Lipinski definition) is 19. The van der Waals surface area contributed by atoms with Gasteiger partial charge in [0.2, 0.25) is 5.89 Å². The van der Waals surface area contributed by atoms with E-state index in [4.69, 9.17) is 9.15 Å². The van der Waals surface area contributed by atoms with Gasteiger partial charge in [-0.3, -0.25) is 4.79 Å². The SMILES string of the molecule is CC(=O)c1ccc2nc(C(C)(C)C)sc2c1.CCOC(=O)c1ccc2nc(C(C)(C)C)sc2c1.Cc1ccc2nc(C(C)(C)C)sc2c1.Cc1ccc2nc(C(C)(C)C)sc2c1.Cc1ccc2nc(C(C)(C)C)sc2c1.Cc1ccc2nc(C(C)(C)C)sc2c1.Cc1ccc2nc(C(C)(C)C)sc2c1.Cc1ccc2oc(C(C)(C)C)nc2c1. The average Bonchev–Trinajstić information content (AvgIpc) is 1.67. The number of oxazole rings is 1. The van der Waals surface area contributed by atoms with Gasteiger partial charge in [-0.05, 0) is 198 Å². The molecule has 0 atom stereocenters. The predicted octanol–water partition coefficient (Wildman–Crippen LogP) is 30.5. The summed E-state index contributed by atoms with van der Waals surface area (Å²) in [7, 11) is 0. The standard InChI is InChI=1S/C14H17NO2S.C13H15NOS.C12H15NO.5C12H15NS/c1-5-17-12(16)9-6-7-10-11(8-9)18-13(15-10)14(2,3)4;1-8(15)9-5-6-10-11(7-9)16-12(14-10)13(2,3)4;1-8-5-6-10-9(7-8)13-11(14-10)12(2,3)4;5*1-8-5-6-9-10(7-8)14-11(13-9)12(2,3)4/h6-8H,5H2,1-4H3;5-7H,1-4H3;6*5-7H,1-4H3. The summed E-state index contributed by atoms with van der Waals surface area (Å²) in [4.78, 5) is 59.8. The van der Waals surface area contributed by atoms with Crippen LogP contribution in [0.1, 0.15) is 275 Å². The molecule has 16 aromatic rings. The number of benzene rings is 8. The molecule has 118 heavy (non-hydrogen) atoms. The summed E-state index contributed by atoms with van der Waals surface area (Å²) in [6.07, 6.45) is 0. The molecule has 624 valence electrons. The first-order valence-electron chi connectivity index (χ1n) is 40.4. The predicted molar refractivity (Wildman–Crippen MR) is 515 cm³/mol. The van der Waals surface area contributed by atoms with Crippen LogP contribution < -0.4 is 0 Å². The van der Waals surface area contributed by atoms with Crippen LogP contribution >= 0.6 is 79.4 Å². The summed E-state index contributed by atoms with van der Waals surface area (Å²) in [5.74, 6) is 0.635. The summed E-state index contributed by atoms with van der Waals surface area (Å²) in [6.45, 7) is 68.7. The van der Waals surface area contributed by atoms with Crippen LogP contribution in [-0.4, -0.2) is 58.2 Å². The Hall–Kier alpha value is -8.40. The first kappa shape index (κ1) is 93.5. The van der Waals surface area contributed by atoms with E-state index in [-0.39, 0.29) is 55.1 Å². The molecule has 8 aromatic heterocycles. The lowest BCUT2D eigenvalue weighted by molar-refractivity contribution is 0.0526. The highest BCUT2D eigenvalue weighted by Crippen LogP contribution is 2.39. The van der Waals surface area contributed by atoms with Gasteiger partial charge in [-0.2, -0.15) is 0 Å². The highest BCUT2D eigenvalue weighted by atomic mass is 32.1. The third-order valence-electron chi connectivity index (χ3n) is 18.1. The minimum atomic E-state index is -0.273. The van der Waals surface area contributed by atoms with E-state index in [0.717, 1.165) is 80.6 Å². The Morgan fingerprint density at radius 2 is 0.500 bits per heavy atom. The number of ketones is 1. The molecule has 0 fully saturated rings. The molecule has 0 unspecified atom stereocenters. The number of rotatable bonds is 3. The average molecular weight is 1710 g/mol. The van der Waals surface area contributed by atoms with Gasteiger partial charge >= 0.3 is 5.97 Å². The second-order valence-corrected chi connectivity index (χ2v) is 45.8. The van der Waals surface area contributed by atoms with Crippen molar-refractivity contribution in [3.8, 4) is 0 Å². The molecule has 0 bridgehead atoms. The van der Waals surface area contributed by atoms with Crippen LogP contribution in [0.3, 0.4) is 0 Å². The summed E-state index contributed by atoms with van der Waals surface area (Å²) >= 11 is 12.3. The number of hydrogen-bond donors (Lipinski definition) is 0. The Morgan fingerprint density at radius 3 is 0.737 bits per heavy atom. The zero-order chi connectivity index (χ0) is 87.3. The molecular weight excluding hydrogens is 1590 g/mol. The monoisotopic (exact) mass is 1710 g/mol. The zero-order valence-corrected chi connectivity index (χ0v) is 81.3. The van der Waals surface area contributed by atoms with Crippen molar-refractivity contribution in [1.29, 1.82) is 0 Å². The van der Waals surface area contributed by atoms with E-state index in [1.807, 2.05) is 105 Å². The maximum Gasteiger partial charge on any atom is 0.338 e. The van der Waals surface area contributed by atoms with Crippen LogP contribution in [0.2, 0.25) is 0 Å². The van der Waals surface area contributed by atoms with Crippen molar-refractivity contribution in [2.45, 2.75) is 265 Å². The first-order chi connectivity index (χ1) is 54.6. The Kier molecular flexibility index (Phi) is 29.5. The van der Waals surface area contributed by atoms with Crippen LogP contribution in [0.25, 0.3) is 82.6 Å².